The van der Waals surface area contributed by atoms with Crippen LogP contribution < -0.4 is 16.0 Å². The summed E-state index contributed by atoms with van der Waals surface area (Å²) in [5.41, 5.74) is -1.56. The molecule has 4 amide bonds. The normalized spacial score (nSPS) is 22.1. The quantitative estimate of drug-likeness (QED) is 0.569. The zero-order chi connectivity index (χ0) is 14.0. The molecule has 1 heterocycles. The van der Waals surface area contributed by atoms with Crippen LogP contribution in [0, 0.1) is 0 Å². The lowest BCUT2D eigenvalue weighted by atomic mass is 10.1. The van der Waals surface area contributed by atoms with Crippen LogP contribution in [0.2, 0.25) is 0 Å². The molecule has 1 unspecified atom stereocenters. The predicted molar refractivity (Wildman–Crippen MR) is 68.8 cm³/mol. The number of benzene rings is 1. The second-order valence-electron chi connectivity index (χ2n) is 3.84. The van der Waals surface area contributed by atoms with Gasteiger partial charge >= 0.3 is 6.03 Å². The largest absolute Gasteiger partial charge is 0.323 e. The molecule has 1 aliphatic rings. The van der Waals surface area contributed by atoms with E-state index in [2.05, 4.69) is 10.6 Å². The van der Waals surface area contributed by atoms with E-state index in [1.165, 1.54) is 0 Å². The maximum atomic E-state index is 12.0. The SMILES string of the molecule is O=C1NC(=O)C(NC(=O)c2ccccc2)(C(Cl)Cl)N1. The lowest BCUT2D eigenvalue weighted by Crippen LogP contribution is -2.64. The topological polar surface area (TPSA) is 87.3 Å². The van der Waals surface area contributed by atoms with Gasteiger partial charge < -0.3 is 10.6 Å². The van der Waals surface area contributed by atoms with E-state index in [0.717, 1.165) is 0 Å². The Balaban J connectivity index is 2.26. The molecule has 19 heavy (non-hydrogen) atoms. The summed E-state index contributed by atoms with van der Waals surface area (Å²) in [4.78, 5) is 33.6. The Bertz CT molecular complexity index is 535. The highest BCUT2D eigenvalue weighted by Crippen LogP contribution is 2.22. The molecule has 0 aliphatic carbocycles. The summed E-state index contributed by atoms with van der Waals surface area (Å²) >= 11 is 11.4. The first kappa shape index (κ1) is 13.6. The lowest BCUT2D eigenvalue weighted by molar-refractivity contribution is -0.124. The first-order valence-corrected chi connectivity index (χ1v) is 6.12. The summed E-state index contributed by atoms with van der Waals surface area (Å²) in [5, 5.41) is 6.54. The number of alkyl halides is 2. The number of carbonyl (C=O) groups excluding carboxylic acids is 3. The molecule has 0 radical (unpaired) electrons. The van der Waals surface area contributed by atoms with Crippen LogP contribution in [0.4, 0.5) is 4.79 Å². The number of imide groups is 1. The number of halogens is 2. The minimum atomic E-state index is -1.87. The minimum Gasteiger partial charge on any atom is -0.319 e. The number of urea groups is 1. The zero-order valence-electron chi connectivity index (χ0n) is 9.44. The van der Waals surface area contributed by atoms with Crippen molar-refractivity contribution in [1.82, 2.24) is 16.0 Å². The molecule has 8 heteroatoms. The molecule has 0 aromatic heterocycles. The van der Waals surface area contributed by atoms with Crippen LogP contribution in [0.3, 0.4) is 0 Å². The van der Waals surface area contributed by atoms with E-state index in [9.17, 15) is 14.4 Å². The summed E-state index contributed by atoms with van der Waals surface area (Å²) in [6, 6.07) is 7.39. The van der Waals surface area contributed by atoms with E-state index in [1.807, 2.05) is 5.32 Å². The van der Waals surface area contributed by atoms with Crippen molar-refractivity contribution in [2.24, 2.45) is 0 Å². The molecule has 1 fully saturated rings. The highest BCUT2D eigenvalue weighted by atomic mass is 35.5. The van der Waals surface area contributed by atoms with Crippen LogP contribution in [0.25, 0.3) is 0 Å². The second kappa shape index (κ2) is 5.07. The van der Waals surface area contributed by atoms with E-state index >= 15 is 0 Å². The van der Waals surface area contributed by atoms with Gasteiger partial charge in [0.1, 0.15) is 0 Å². The Kier molecular flexibility index (Phi) is 3.64. The summed E-state index contributed by atoms with van der Waals surface area (Å²) in [6.45, 7) is 0. The molecule has 0 spiro atoms. The van der Waals surface area contributed by atoms with E-state index in [4.69, 9.17) is 23.2 Å². The highest BCUT2D eigenvalue weighted by Gasteiger charge is 2.52. The van der Waals surface area contributed by atoms with Crippen molar-refractivity contribution < 1.29 is 14.4 Å². The summed E-state index contributed by atoms with van der Waals surface area (Å²) in [6.07, 6.45) is 0. The summed E-state index contributed by atoms with van der Waals surface area (Å²) < 4.78 is 0. The van der Waals surface area contributed by atoms with Gasteiger partial charge in [0.2, 0.25) is 5.66 Å². The van der Waals surface area contributed by atoms with Crippen molar-refractivity contribution in [2.45, 2.75) is 10.5 Å². The average Bonchev–Trinajstić information content (AvgIpc) is 2.66. The fourth-order valence-electron chi connectivity index (χ4n) is 1.61. The lowest BCUT2D eigenvalue weighted by Gasteiger charge is -2.28. The molecule has 1 atom stereocenters. The zero-order valence-corrected chi connectivity index (χ0v) is 11.0. The van der Waals surface area contributed by atoms with Gasteiger partial charge in [-0.15, -0.1) is 23.2 Å². The number of carbonyl (C=O) groups is 3. The minimum absolute atomic E-state index is 0.310. The third kappa shape index (κ3) is 2.50. The molecule has 1 saturated heterocycles. The Morgan fingerprint density at radius 2 is 1.84 bits per heavy atom. The second-order valence-corrected chi connectivity index (χ2v) is 4.93. The highest BCUT2D eigenvalue weighted by molar-refractivity contribution is 6.47. The fourth-order valence-corrected chi connectivity index (χ4v) is 2.02. The Labute approximate surface area is 118 Å². The number of hydrogen-bond acceptors (Lipinski definition) is 3. The van der Waals surface area contributed by atoms with Crippen molar-refractivity contribution in [2.75, 3.05) is 0 Å². The molecule has 1 aromatic rings. The molecular formula is C11H9Cl2N3O3. The van der Waals surface area contributed by atoms with Gasteiger partial charge in [0, 0.05) is 5.56 Å². The van der Waals surface area contributed by atoms with Gasteiger partial charge in [0.25, 0.3) is 11.8 Å². The third-order valence-corrected chi connectivity index (χ3v) is 3.22. The molecule has 0 bridgehead atoms. The third-order valence-electron chi connectivity index (χ3n) is 2.57. The van der Waals surface area contributed by atoms with E-state index in [-0.39, 0.29) is 0 Å². The maximum absolute atomic E-state index is 12.0. The van der Waals surface area contributed by atoms with Gasteiger partial charge in [0.15, 0.2) is 4.84 Å². The maximum Gasteiger partial charge on any atom is 0.323 e. The van der Waals surface area contributed by atoms with Gasteiger partial charge in [-0.25, -0.2) is 4.79 Å². The number of hydrogen-bond donors (Lipinski definition) is 3. The van der Waals surface area contributed by atoms with Crippen LogP contribution >= 0.6 is 23.2 Å². The molecule has 1 aliphatic heterocycles. The van der Waals surface area contributed by atoms with E-state index in [1.54, 1.807) is 30.3 Å². The summed E-state index contributed by atoms with van der Waals surface area (Å²) in [5.74, 6) is -1.39. The molecular weight excluding hydrogens is 293 g/mol. The molecule has 100 valence electrons. The van der Waals surface area contributed by atoms with Crippen molar-refractivity contribution in [3.8, 4) is 0 Å². The Morgan fingerprint density at radius 3 is 2.32 bits per heavy atom. The molecule has 1 aromatic carbocycles. The van der Waals surface area contributed by atoms with E-state index < -0.39 is 28.3 Å². The van der Waals surface area contributed by atoms with Crippen LogP contribution in [0.5, 0.6) is 0 Å². The van der Waals surface area contributed by atoms with Crippen molar-refractivity contribution in [3.63, 3.8) is 0 Å². The first-order valence-electron chi connectivity index (χ1n) is 5.25. The molecule has 0 saturated carbocycles. The van der Waals surface area contributed by atoms with Gasteiger partial charge in [-0.1, -0.05) is 18.2 Å². The van der Waals surface area contributed by atoms with Crippen LogP contribution in [-0.4, -0.2) is 28.3 Å². The molecule has 6 nitrogen and oxygen atoms in total. The fraction of sp³-hybridized carbons (Fsp3) is 0.182. The summed E-state index contributed by atoms with van der Waals surface area (Å²) in [7, 11) is 0. The van der Waals surface area contributed by atoms with Gasteiger partial charge in [0.05, 0.1) is 0 Å². The molecule has 3 N–H and O–H groups in total. The smallest absolute Gasteiger partial charge is 0.319 e. The number of rotatable bonds is 3. The van der Waals surface area contributed by atoms with E-state index in [0.29, 0.717) is 5.56 Å². The van der Waals surface area contributed by atoms with Gasteiger partial charge in [-0.3, -0.25) is 14.9 Å². The van der Waals surface area contributed by atoms with Crippen molar-refractivity contribution >= 4 is 41.0 Å². The molecule has 2 rings (SSSR count). The predicted octanol–water partition coefficient (Wildman–Crippen LogP) is 0.756. The first-order chi connectivity index (χ1) is 8.95. The van der Waals surface area contributed by atoms with Crippen LogP contribution in [0.1, 0.15) is 10.4 Å². The Morgan fingerprint density at radius 1 is 1.21 bits per heavy atom. The number of nitrogens with one attached hydrogen (secondary N) is 3. The standard InChI is InChI=1S/C11H9Cl2N3O3/c12-8(13)11(9(18)14-10(19)16-11)15-7(17)6-4-2-1-3-5-6/h1-5,8H,(H,15,17)(H2,14,16,18,19). The Hall–Kier alpha value is -1.79. The van der Waals surface area contributed by atoms with Gasteiger partial charge in [-0.2, -0.15) is 0 Å². The monoisotopic (exact) mass is 301 g/mol. The number of amides is 4. The van der Waals surface area contributed by atoms with Crippen molar-refractivity contribution in [3.05, 3.63) is 35.9 Å². The van der Waals surface area contributed by atoms with Crippen LogP contribution in [0.15, 0.2) is 30.3 Å². The van der Waals surface area contributed by atoms with Crippen molar-refractivity contribution in [1.29, 1.82) is 0 Å². The van der Waals surface area contributed by atoms with Gasteiger partial charge in [-0.05, 0) is 12.1 Å². The van der Waals surface area contributed by atoms with Crippen LogP contribution in [-0.2, 0) is 4.79 Å². The average molecular weight is 302 g/mol.